The zero-order valence-electron chi connectivity index (χ0n) is 30.6. The minimum atomic E-state index is -0.887. The normalized spacial score (nSPS) is 24.6. The standard InChI is InChI=1S/C43H50N4O7/c48-36-14-11-31(32-12-15-39(50)45-40(32)36)37(49)25-44-24-28-10-13-35-38(23-28)54-42(53)47(35)19-4-2-6-27-7-5-8-30(22-27)43(41(51)52)18-3-1-9-34(43)33-26-46-20-16-29(33)17-21-46/h5,7-8,10-15,22-23,29,33-34,37,44,48-49H,1-4,6,9,16-21,24-26H2,(H,45,50)(H,51,52)/t33?,34?,37-,43?/m0/s1. The zero-order chi connectivity index (χ0) is 37.4. The van der Waals surface area contributed by atoms with Crippen LogP contribution in [0.25, 0.3) is 22.0 Å². The van der Waals surface area contributed by atoms with Gasteiger partial charge in [0.2, 0.25) is 5.56 Å². The lowest BCUT2D eigenvalue weighted by atomic mass is 9.55. The fraction of sp³-hybridized carbons (Fsp3) is 0.465. The smallest absolute Gasteiger partial charge is 0.419 e. The minimum Gasteiger partial charge on any atom is -0.506 e. The topological polar surface area (TPSA) is 161 Å². The maximum absolute atomic E-state index is 13.3. The first-order valence-corrected chi connectivity index (χ1v) is 19.6. The van der Waals surface area contributed by atoms with Crippen molar-refractivity contribution in [3.05, 3.63) is 110 Å². The summed E-state index contributed by atoms with van der Waals surface area (Å²) in [7, 11) is 0. The van der Waals surface area contributed by atoms with Gasteiger partial charge in [-0.25, -0.2) is 4.79 Å². The number of fused-ring (bicyclic) bond motifs is 5. The number of aromatic nitrogens is 2. The molecule has 3 unspecified atom stereocenters. The number of aliphatic hydroxyl groups is 1. The molecule has 0 amide bonds. The van der Waals surface area contributed by atoms with Gasteiger partial charge in [-0.1, -0.05) is 49.2 Å². The molecule has 2 aromatic heterocycles. The number of carboxylic acid groups (broad SMARTS) is 1. The van der Waals surface area contributed by atoms with Crippen LogP contribution in [0.15, 0.2) is 80.7 Å². The van der Waals surface area contributed by atoms with Crippen molar-refractivity contribution in [1.29, 1.82) is 0 Å². The molecule has 4 atom stereocenters. The molecule has 1 aliphatic carbocycles. The van der Waals surface area contributed by atoms with Crippen LogP contribution in [0.3, 0.4) is 0 Å². The number of carbonyl (C=O) groups is 1. The average Bonchev–Trinajstić information content (AvgIpc) is 3.50. The number of unbranched alkanes of at least 4 members (excludes halogenated alkanes) is 1. The number of phenols is 1. The molecule has 1 saturated carbocycles. The number of nitrogens with zero attached hydrogens (tertiary/aromatic N) is 2. The molecule has 3 aromatic carbocycles. The van der Waals surface area contributed by atoms with Gasteiger partial charge in [-0.05, 0) is 122 Å². The van der Waals surface area contributed by atoms with Crippen LogP contribution in [0.5, 0.6) is 5.75 Å². The number of carboxylic acids is 1. The highest BCUT2D eigenvalue weighted by Gasteiger charge is 2.54. The van der Waals surface area contributed by atoms with E-state index in [-0.39, 0.29) is 29.3 Å². The third-order valence-corrected chi connectivity index (χ3v) is 12.8. The third-order valence-electron chi connectivity index (χ3n) is 12.8. The van der Waals surface area contributed by atoms with Crippen LogP contribution in [0.1, 0.15) is 79.7 Å². The van der Waals surface area contributed by atoms with E-state index in [9.17, 15) is 29.7 Å². The number of hydrogen-bond donors (Lipinski definition) is 5. The molecule has 4 fully saturated rings. The third kappa shape index (κ3) is 6.89. The number of nitrogens with one attached hydrogen (secondary N) is 2. The number of benzene rings is 3. The van der Waals surface area contributed by atoms with E-state index in [4.69, 9.17) is 4.42 Å². The van der Waals surface area contributed by atoms with Crippen molar-refractivity contribution in [2.45, 2.75) is 82.4 Å². The second-order valence-corrected chi connectivity index (χ2v) is 15.8. The number of phenolic OH excluding ortho intramolecular Hbond substituents is 1. The number of rotatable bonds is 13. The summed E-state index contributed by atoms with van der Waals surface area (Å²) in [5.41, 5.74) is 3.94. The van der Waals surface area contributed by atoms with Gasteiger partial charge in [0.05, 0.1) is 22.6 Å². The molecule has 54 heavy (non-hydrogen) atoms. The first-order valence-electron chi connectivity index (χ1n) is 19.6. The van der Waals surface area contributed by atoms with Crippen molar-refractivity contribution in [2.24, 2.45) is 17.8 Å². The van der Waals surface area contributed by atoms with Gasteiger partial charge in [0.15, 0.2) is 5.58 Å². The lowest BCUT2D eigenvalue weighted by Gasteiger charge is -2.53. The van der Waals surface area contributed by atoms with Crippen LogP contribution in [0.2, 0.25) is 0 Å². The Morgan fingerprint density at radius 2 is 1.83 bits per heavy atom. The molecule has 3 saturated heterocycles. The number of aromatic hydroxyl groups is 1. The number of aromatic amines is 1. The molecule has 5 aromatic rings. The molecule has 9 rings (SSSR count). The summed E-state index contributed by atoms with van der Waals surface area (Å²) in [5.74, 6) is 0.130. The Hall–Kier alpha value is -4.71. The van der Waals surface area contributed by atoms with Gasteiger partial charge in [0, 0.05) is 37.6 Å². The summed E-state index contributed by atoms with van der Waals surface area (Å²) in [6, 6.07) is 20.1. The summed E-state index contributed by atoms with van der Waals surface area (Å²) < 4.78 is 7.31. The molecular weight excluding hydrogens is 684 g/mol. The molecule has 284 valence electrons. The summed E-state index contributed by atoms with van der Waals surface area (Å²) >= 11 is 0. The maximum Gasteiger partial charge on any atom is 0.419 e. The molecule has 11 heteroatoms. The van der Waals surface area contributed by atoms with Gasteiger partial charge < -0.3 is 34.9 Å². The quantitative estimate of drug-likeness (QED) is 0.0937. The highest BCUT2D eigenvalue weighted by Crippen LogP contribution is 2.52. The molecule has 0 radical (unpaired) electrons. The Labute approximate surface area is 313 Å². The van der Waals surface area contributed by atoms with Crippen LogP contribution < -0.4 is 16.6 Å². The van der Waals surface area contributed by atoms with Crippen molar-refractivity contribution in [2.75, 3.05) is 26.2 Å². The Morgan fingerprint density at radius 3 is 2.63 bits per heavy atom. The van der Waals surface area contributed by atoms with E-state index in [0.29, 0.717) is 47.9 Å². The second-order valence-electron chi connectivity index (χ2n) is 15.8. The Bertz CT molecular complexity index is 2270. The van der Waals surface area contributed by atoms with E-state index in [1.165, 1.54) is 25.0 Å². The van der Waals surface area contributed by atoms with Crippen molar-refractivity contribution in [3.63, 3.8) is 0 Å². The van der Waals surface area contributed by atoms with Crippen LogP contribution in [-0.2, 0) is 29.7 Å². The minimum absolute atomic E-state index is 0.0593. The Balaban J connectivity index is 0.886. The molecule has 3 aliphatic heterocycles. The number of piperidine rings is 3. The van der Waals surface area contributed by atoms with Gasteiger partial charge in [-0.3, -0.25) is 14.2 Å². The summed E-state index contributed by atoms with van der Waals surface area (Å²) in [5, 5.41) is 35.8. The van der Waals surface area contributed by atoms with E-state index in [1.54, 1.807) is 16.7 Å². The highest BCUT2D eigenvalue weighted by atomic mass is 16.4. The van der Waals surface area contributed by atoms with Crippen LogP contribution in [-0.4, -0.2) is 61.9 Å². The largest absolute Gasteiger partial charge is 0.506 e. The molecule has 5 heterocycles. The summed E-state index contributed by atoms with van der Waals surface area (Å²) in [6.07, 6.45) is 7.68. The molecule has 2 bridgehead atoms. The van der Waals surface area contributed by atoms with Crippen molar-refractivity contribution in [1.82, 2.24) is 19.8 Å². The maximum atomic E-state index is 13.3. The number of aliphatic hydroxyl groups excluding tert-OH is 1. The van der Waals surface area contributed by atoms with Crippen molar-refractivity contribution >= 4 is 28.0 Å². The van der Waals surface area contributed by atoms with Crippen LogP contribution >= 0.6 is 0 Å². The molecule has 11 nitrogen and oxygen atoms in total. The monoisotopic (exact) mass is 734 g/mol. The number of H-pyrrole nitrogens is 1. The number of aryl methyl sites for hydroxylation is 2. The first kappa shape index (κ1) is 36.3. The van der Waals surface area contributed by atoms with Crippen molar-refractivity contribution in [3.8, 4) is 5.75 Å². The van der Waals surface area contributed by atoms with E-state index in [2.05, 4.69) is 33.4 Å². The predicted molar refractivity (Wildman–Crippen MR) is 207 cm³/mol. The number of pyridine rings is 1. The Kier molecular flexibility index (Phi) is 10.2. The summed E-state index contributed by atoms with van der Waals surface area (Å²) in [4.78, 5) is 43.1. The van der Waals surface area contributed by atoms with Crippen LogP contribution in [0.4, 0.5) is 0 Å². The van der Waals surface area contributed by atoms with Gasteiger partial charge in [-0.15, -0.1) is 0 Å². The van der Waals surface area contributed by atoms with Gasteiger partial charge in [0.1, 0.15) is 5.75 Å². The molecule has 5 N–H and O–H groups in total. The lowest BCUT2D eigenvalue weighted by Crippen LogP contribution is -2.56. The van der Waals surface area contributed by atoms with Gasteiger partial charge in [-0.2, -0.15) is 0 Å². The number of aliphatic carboxylic acids is 1. The predicted octanol–water partition coefficient (Wildman–Crippen LogP) is 5.84. The molecule has 4 aliphatic rings. The summed E-state index contributed by atoms with van der Waals surface area (Å²) in [6.45, 7) is 4.52. The molecular formula is C43H50N4O7. The first-order chi connectivity index (χ1) is 26.2. The van der Waals surface area contributed by atoms with E-state index in [0.717, 1.165) is 80.4 Å². The Morgan fingerprint density at radius 1 is 0.981 bits per heavy atom. The number of oxazole rings is 1. The fourth-order valence-electron chi connectivity index (χ4n) is 10.0. The van der Waals surface area contributed by atoms with E-state index in [1.807, 2.05) is 24.3 Å². The lowest BCUT2D eigenvalue weighted by molar-refractivity contribution is -0.151. The average molecular weight is 735 g/mol. The van der Waals surface area contributed by atoms with Crippen LogP contribution in [0, 0.1) is 17.8 Å². The second kappa shape index (κ2) is 15.2. The molecule has 0 spiro atoms. The number of hydrogen-bond acceptors (Lipinski definition) is 8. The zero-order valence-corrected chi connectivity index (χ0v) is 30.6. The van der Waals surface area contributed by atoms with Crippen molar-refractivity contribution < 1.29 is 24.5 Å². The van der Waals surface area contributed by atoms with Gasteiger partial charge in [0.25, 0.3) is 0 Å². The van der Waals surface area contributed by atoms with Gasteiger partial charge >= 0.3 is 11.7 Å². The highest BCUT2D eigenvalue weighted by molar-refractivity contribution is 5.87. The van der Waals surface area contributed by atoms with E-state index < -0.39 is 23.2 Å². The fourth-order valence-corrected chi connectivity index (χ4v) is 10.0. The SMILES string of the molecule is O=C(O)C1(c2cccc(CCCCn3c(=O)oc4cc(CNC[C@H](O)c5ccc(O)c6[nH]c(=O)ccc56)ccc43)c2)CCCCC1C1CN2CCC1CC2. The van der Waals surface area contributed by atoms with E-state index >= 15 is 0 Å².